The van der Waals surface area contributed by atoms with Crippen LogP contribution in [0.4, 0.5) is 0 Å². The van der Waals surface area contributed by atoms with Crippen LogP contribution >= 0.6 is 0 Å². The third-order valence-electron chi connectivity index (χ3n) is 3.28. The number of hydrogen-bond donors (Lipinski definition) is 2. The van der Waals surface area contributed by atoms with Crippen molar-refractivity contribution in [1.82, 2.24) is 10.5 Å². The van der Waals surface area contributed by atoms with Gasteiger partial charge in [0.15, 0.2) is 6.61 Å². The van der Waals surface area contributed by atoms with E-state index < -0.39 is 6.10 Å². The van der Waals surface area contributed by atoms with E-state index in [0.29, 0.717) is 11.6 Å². The van der Waals surface area contributed by atoms with Crippen LogP contribution in [0.2, 0.25) is 0 Å². The van der Waals surface area contributed by atoms with Gasteiger partial charge in [-0.1, -0.05) is 19.3 Å². The first-order valence-corrected chi connectivity index (χ1v) is 6.68. The first kappa shape index (κ1) is 13.9. The fourth-order valence-corrected chi connectivity index (χ4v) is 2.26. The molecule has 1 aliphatic rings. The van der Waals surface area contributed by atoms with Crippen molar-refractivity contribution >= 4 is 5.91 Å². The summed E-state index contributed by atoms with van der Waals surface area (Å²) < 4.78 is 10.0. The molecule has 106 valence electrons. The van der Waals surface area contributed by atoms with Gasteiger partial charge < -0.3 is 19.7 Å². The van der Waals surface area contributed by atoms with Crippen molar-refractivity contribution in [1.29, 1.82) is 0 Å². The highest BCUT2D eigenvalue weighted by Gasteiger charge is 2.23. The molecule has 1 aliphatic carbocycles. The molecule has 0 aliphatic heterocycles. The average molecular weight is 268 g/mol. The molecule has 1 fully saturated rings. The average Bonchev–Trinajstić information content (AvgIpc) is 2.69. The fourth-order valence-electron chi connectivity index (χ4n) is 2.26. The van der Waals surface area contributed by atoms with Crippen molar-refractivity contribution in [3.63, 3.8) is 0 Å². The van der Waals surface area contributed by atoms with Gasteiger partial charge in [0.2, 0.25) is 0 Å². The maximum absolute atomic E-state index is 11.7. The van der Waals surface area contributed by atoms with E-state index in [1.165, 1.54) is 0 Å². The Hall–Kier alpha value is -1.56. The fraction of sp³-hybridized carbons (Fsp3) is 0.692. The van der Waals surface area contributed by atoms with Crippen LogP contribution in [0.3, 0.4) is 0 Å². The van der Waals surface area contributed by atoms with Crippen LogP contribution < -0.4 is 10.1 Å². The Kier molecular flexibility index (Phi) is 4.79. The number of rotatable bonds is 4. The van der Waals surface area contributed by atoms with Crippen molar-refractivity contribution in [3.8, 4) is 5.88 Å². The third-order valence-corrected chi connectivity index (χ3v) is 3.28. The van der Waals surface area contributed by atoms with Crippen molar-refractivity contribution in [3.05, 3.63) is 11.8 Å². The summed E-state index contributed by atoms with van der Waals surface area (Å²) >= 11 is 0. The lowest BCUT2D eigenvalue weighted by molar-refractivity contribution is -0.124. The highest BCUT2D eigenvalue weighted by molar-refractivity contribution is 5.77. The van der Waals surface area contributed by atoms with E-state index in [1.807, 2.05) is 0 Å². The van der Waals surface area contributed by atoms with E-state index in [2.05, 4.69) is 10.5 Å². The Morgan fingerprint density at radius 1 is 1.53 bits per heavy atom. The molecule has 1 saturated carbocycles. The Morgan fingerprint density at radius 3 is 3.05 bits per heavy atom. The normalized spacial score (nSPS) is 23.7. The van der Waals surface area contributed by atoms with Crippen molar-refractivity contribution < 1.29 is 19.2 Å². The Morgan fingerprint density at radius 2 is 2.32 bits per heavy atom. The summed E-state index contributed by atoms with van der Waals surface area (Å²) in [6.45, 7) is 1.64. The van der Waals surface area contributed by atoms with Crippen LogP contribution in [0.25, 0.3) is 0 Å². The molecular formula is C13H20N2O4. The molecule has 6 nitrogen and oxygen atoms in total. The van der Waals surface area contributed by atoms with E-state index in [0.717, 1.165) is 32.1 Å². The molecule has 2 unspecified atom stereocenters. The van der Waals surface area contributed by atoms with Gasteiger partial charge in [-0.05, 0) is 24.9 Å². The van der Waals surface area contributed by atoms with Gasteiger partial charge >= 0.3 is 0 Å². The van der Waals surface area contributed by atoms with E-state index in [1.54, 1.807) is 13.0 Å². The summed E-state index contributed by atoms with van der Waals surface area (Å²) in [4.78, 5) is 11.7. The first-order valence-electron chi connectivity index (χ1n) is 6.68. The molecule has 1 heterocycles. The zero-order valence-electron chi connectivity index (χ0n) is 11.1. The van der Waals surface area contributed by atoms with E-state index >= 15 is 0 Å². The molecule has 0 aromatic carbocycles. The summed E-state index contributed by atoms with van der Waals surface area (Å²) in [7, 11) is 0. The molecular weight excluding hydrogens is 248 g/mol. The minimum atomic E-state index is -0.458. The lowest BCUT2D eigenvalue weighted by Crippen LogP contribution is -2.44. The number of aliphatic hydroxyl groups is 1. The number of hydrogen-bond acceptors (Lipinski definition) is 5. The SMILES string of the molecule is Cc1cc(OCC(=O)NC2CCCCCC2O)no1. The van der Waals surface area contributed by atoms with Gasteiger partial charge in [-0.3, -0.25) is 4.79 Å². The molecule has 1 aromatic heterocycles. The number of aliphatic hydroxyl groups excluding tert-OH is 1. The second-order valence-electron chi connectivity index (χ2n) is 4.94. The molecule has 0 saturated heterocycles. The van der Waals surface area contributed by atoms with Crippen molar-refractivity contribution in [2.75, 3.05) is 6.61 Å². The molecule has 2 atom stereocenters. The summed E-state index contributed by atoms with van der Waals surface area (Å²) in [5.41, 5.74) is 0. The molecule has 1 amide bonds. The second-order valence-corrected chi connectivity index (χ2v) is 4.94. The molecule has 19 heavy (non-hydrogen) atoms. The zero-order chi connectivity index (χ0) is 13.7. The van der Waals surface area contributed by atoms with Gasteiger partial charge in [0.25, 0.3) is 11.8 Å². The van der Waals surface area contributed by atoms with Crippen LogP contribution in [0.5, 0.6) is 5.88 Å². The predicted octanol–water partition coefficient (Wildman–Crippen LogP) is 1.17. The van der Waals surface area contributed by atoms with E-state index in [-0.39, 0.29) is 18.6 Å². The largest absolute Gasteiger partial charge is 0.465 e. The number of amides is 1. The van der Waals surface area contributed by atoms with Gasteiger partial charge in [-0.25, -0.2) is 0 Å². The van der Waals surface area contributed by atoms with Crippen molar-refractivity contribution in [2.45, 2.75) is 51.2 Å². The van der Waals surface area contributed by atoms with Gasteiger partial charge in [-0.15, -0.1) is 0 Å². The lowest BCUT2D eigenvalue weighted by atomic mass is 10.1. The number of nitrogens with one attached hydrogen (secondary N) is 1. The minimum Gasteiger partial charge on any atom is -0.465 e. The van der Waals surface area contributed by atoms with Crippen LogP contribution in [0.1, 0.15) is 37.9 Å². The van der Waals surface area contributed by atoms with Gasteiger partial charge in [0, 0.05) is 6.07 Å². The van der Waals surface area contributed by atoms with Gasteiger partial charge in [0.05, 0.1) is 12.1 Å². The number of aryl methyl sites for hydroxylation is 1. The third kappa shape index (κ3) is 4.24. The summed E-state index contributed by atoms with van der Waals surface area (Å²) in [6, 6.07) is 1.45. The maximum atomic E-state index is 11.7. The first-order chi connectivity index (χ1) is 9.15. The smallest absolute Gasteiger partial charge is 0.258 e. The predicted molar refractivity (Wildman–Crippen MR) is 67.8 cm³/mol. The van der Waals surface area contributed by atoms with E-state index in [4.69, 9.17) is 9.26 Å². The molecule has 0 radical (unpaired) electrons. The van der Waals surface area contributed by atoms with Gasteiger partial charge in [-0.2, -0.15) is 0 Å². The number of nitrogens with zero attached hydrogens (tertiary/aromatic N) is 1. The highest BCUT2D eigenvalue weighted by Crippen LogP contribution is 2.18. The molecule has 2 rings (SSSR count). The molecule has 2 N–H and O–H groups in total. The topological polar surface area (TPSA) is 84.6 Å². The molecule has 6 heteroatoms. The standard InChI is InChI=1S/C13H20N2O4/c1-9-7-13(15-19-9)18-8-12(17)14-10-5-3-2-4-6-11(10)16/h7,10-11,16H,2-6,8H2,1H3,(H,14,17). The quantitative estimate of drug-likeness (QED) is 0.801. The number of aromatic nitrogens is 1. The summed E-state index contributed by atoms with van der Waals surface area (Å²) in [6.07, 6.45) is 4.26. The van der Waals surface area contributed by atoms with Crippen LogP contribution in [-0.2, 0) is 4.79 Å². The Labute approximate surface area is 112 Å². The highest BCUT2D eigenvalue weighted by atomic mass is 16.5. The number of ether oxygens (including phenoxy) is 1. The van der Waals surface area contributed by atoms with Gasteiger partial charge in [0.1, 0.15) is 5.76 Å². The van der Waals surface area contributed by atoms with Crippen LogP contribution in [0.15, 0.2) is 10.6 Å². The molecule has 0 spiro atoms. The monoisotopic (exact) mass is 268 g/mol. The number of carbonyl (C=O) groups excluding carboxylic acids is 1. The molecule has 0 bridgehead atoms. The Balaban J connectivity index is 1.76. The minimum absolute atomic E-state index is 0.116. The molecule has 1 aromatic rings. The van der Waals surface area contributed by atoms with E-state index in [9.17, 15) is 9.90 Å². The summed E-state index contributed by atoms with van der Waals surface area (Å²) in [5.74, 6) is 0.690. The summed E-state index contributed by atoms with van der Waals surface area (Å²) in [5, 5.41) is 16.4. The van der Waals surface area contributed by atoms with Crippen LogP contribution in [0, 0.1) is 6.92 Å². The number of carbonyl (C=O) groups is 1. The lowest BCUT2D eigenvalue weighted by Gasteiger charge is -2.21. The second kappa shape index (κ2) is 6.56. The zero-order valence-corrected chi connectivity index (χ0v) is 11.1. The maximum Gasteiger partial charge on any atom is 0.258 e. The van der Waals surface area contributed by atoms with Crippen LogP contribution in [-0.4, -0.2) is 34.9 Å². The van der Waals surface area contributed by atoms with Crippen molar-refractivity contribution in [2.24, 2.45) is 0 Å². The Bertz CT molecular complexity index is 419.